The summed E-state index contributed by atoms with van der Waals surface area (Å²) in [5.74, 6) is -2.02. The van der Waals surface area contributed by atoms with E-state index in [1.165, 1.54) is 9.47 Å². The molecule has 1 aliphatic heterocycles. The number of alkyl halides is 3. The van der Waals surface area contributed by atoms with Crippen LogP contribution in [0, 0.1) is 0 Å². The highest BCUT2D eigenvalue weighted by molar-refractivity contribution is 5.93. The van der Waals surface area contributed by atoms with Crippen molar-refractivity contribution < 1.29 is 32.7 Å². The fourth-order valence-electron chi connectivity index (χ4n) is 3.41. The molecule has 31 heavy (non-hydrogen) atoms. The number of nitrogens with two attached hydrogens (primary N) is 2. The van der Waals surface area contributed by atoms with Crippen LogP contribution in [-0.2, 0) is 28.9 Å². The second-order valence-electron chi connectivity index (χ2n) is 7.13. The van der Waals surface area contributed by atoms with Gasteiger partial charge in [-0.25, -0.2) is 9.78 Å². The minimum absolute atomic E-state index is 0.0172. The van der Waals surface area contributed by atoms with Gasteiger partial charge in [0, 0.05) is 25.1 Å². The van der Waals surface area contributed by atoms with Gasteiger partial charge in [-0.05, 0) is 18.6 Å². The maximum absolute atomic E-state index is 12.8. The summed E-state index contributed by atoms with van der Waals surface area (Å²) in [7, 11) is 0. The van der Waals surface area contributed by atoms with Gasteiger partial charge in [-0.2, -0.15) is 13.2 Å². The molecule has 3 rings (SSSR count). The molecule has 2 amide bonds. The number of carboxylic acid groups (broad SMARTS) is 1. The van der Waals surface area contributed by atoms with Crippen LogP contribution in [0.4, 0.5) is 13.2 Å². The lowest BCUT2D eigenvalue weighted by Crippen LogP contribution is -2.47. The Hall–Kier alpha value is -3.41. The number of benzene rings is 1. The lowest BCUT2D eigenvalue weighted by molar-refractivity contribution is -0.137. The Morgan fingerprint density at radius 2 is 1.81 bits per heavy atom. The molecule has 12 heteroatoms. The van der Waals surface area contributed by atoms with Crippen LogP contribution in [0.5, 0.6) is 0 Å². The molecule has 0 spiro atoms. The zero-order chi connectivity index (χ0) is 22.9. The number of imidazole rings is 1. The van der Waals surface area contributed by atoms with Gasteiger partial charge in [0.1, 0.15) is 11.5 Å². The molecule has 1 aliphatic rings. The van der Waals surface area contributed by atoms with Crippen molar-refractivity contribution in [3.05, 3.63) is 41.3 Å². The van der Waals surface area contributed by atoms with Gasteiger partial charge in [0.15, 0.2) is 5.69 Å². The summed E-state index contributed by atoms with van der Waals surface area (Å²) >= 11 is 0. The summed E-state index contributed by atoms with van der Waals surface area (Å²) in [6.07, 6.45) is -4.48. The van der Waals surface area contributed by atoms with Crippen LogP contribution in [0.2, 0.25) is 0 Å². The first-order valence-electron chi connectivity index (χ1n) is 9.32. The van der Waals surface area contributed by atoms with Crippen molar-refractivity contribution >= 4 is 17.8 Å². The molecular formula is C19H20F3N5O4. The number of hydrogen-bond acceptors (Lipinski definition) is 5. The van der Waals surface area contributed by atoms with Crippen molar-refractivity contribution in [2.45, 2.75) is 38.1 Å². The molecule has 0 bridgehead atoms. The first-order chi connectivity index (χ1) is 14.5. The number of carbonyl (C=O) groups is 3. The molecule has 0 radical (unpaired) electrons. The van der Waals surface area contributed by atoms with Gasteiger partial charge in [-0.1, -0.05) is 12.1 Å². The Bertz CT molecular complexity index is 1020. The fourth-order valence-corrected chi connectivity index (χ4v) is 3.41. The Kier molecular flexibility index (Phi) is 6.02. The van der Waals surface area contributed by atoms with E-state index in [9.17, 15) is 32.7 Å². The Morgan fingerprint density at radius 3 is 2.35 bits per heavy atom. The largest absolute Gasteiger partial charge is 0.477 e. The molecule has 2 heterocycles. The summed E-state index contributed by atoms with van der Waals surface area (Å²) < 4.78 is 39.9. The van der Waals surface area contributed by atoms with Crippen molar-refractivity contribution in [3.8, 4) is 11.3 Å². The minimum Gasteiger partial charge on any atom is -0.477 e. The van der Waals surface area contributed by atoms with Crippen LogP contribution in [0.25, 0.3) is 11.3 Å². The zero-order valence-corrected chi connectivity index (χ0v) is 16.2. The lowest BCUT2D eigenvalue weighted by Gasteiger charge is -2.30. The fraction of sp³-hybridized carbons (Fsp3) is 0.368. The van der Waals surface area contributed by atoms with Crippen LogP contribution < -0.4 is 11.5 Å². The Balaban J connectivity index is 1.88. The number of aromatic nitrogens is 2. The number of carboxylic acids is 1. The molecule has 0 fully saturated rings. The molecule has 1 aromatic heterocycles. The number of rotatable bonds is 6. The average Bonchev–Trinajstić information content (AvgIpc) is 3.09. The summed E-state index contributed by atoms with van der Waals surface area (Å²) in [5, 5.41) is 9.66. The monoisotopic (exact) mass is 439 g/mol. The third kappa shape index (κ3) is 4.68. The van der Waals surface area contributed by atoms with E-state index in [4.69, 9.17) is 11.5 Å². The number of amides is 2. The lowest BCUT2D eigenvalue weighted by atomic mass is 10.1. The second kappa shape index (κ2) is 8.38. The van der Waals surface area contributed by atoms with E-state index in [1.54, 1.807) is 0 Å². The number of hydrogen-bond donors (Lipinski definition) is 3. The van der Waals surface area contributed by atoms with E-state index < -0.39 is 35.6 Å². The van der Waals surface area contributed by atoms with Crippen LogP contribution in [-0.4, -0.2) is 49.9 Å². The van der Waals surface area contributed by atoms with E-state index in [0.717, 1.165) is 24.3 Å². The van der Waals surface area contributed by atoms with Gasteiger partial charge in [-0.15, -0.1) is 0 Å². The van der Waals surface area contributed by atoms with Crippen LogP contribution in [0.1, 0.15) is 34.7 Å². The molecule has 5 N–H and O–H groups in total. The maximum atomic E-state index is 12.8. The predicted octanol–water partition coefficient (Wildman–Crippen LogP) is 1.20. The van der Waals surface area contributed by atoms with Crippen LogP contribution >= 0.6 is 0 Å². The first-order valence-corrected chi connectivity index (χ1v) is 9.32. The van der Waals surface area contributed by atoms with E-state index in [2.05, 4.69) is 4.98 Å². The van der Waals surface area contributed by atoms with E-state index in [0.29, 0.717) is 0 Å². The highest BCUT2D eigenvalue weighted by atomic mass is 19.4. The SMILES string of the molecule is NC(=O)CC[C@H](N)C(=O)N1CCn2c(nc(-c3ccc(C(F)(F)F)cc3)c2C(=O)O)C1. The number of primary amides is 1. The third-order valence-electron chi connectivity index (χ3n) is 4.99. The quantitative estimate of drug-likeness (QED) is 0.617. The highest BCUT2D eigenvalue weighted by Gasteiger charge is 2.33. The number of nitrogens with zero attached hydrogens (tertiary/aromatic N) is 3. The Labute approximate surface area is 174 Å². The van der Waals surface area contributed by atoms with Crippen LogP contribution in [0.3, 0.4) is 0 Å². The number of carbonyl (C=O) groups excluding carboxylic acids is 2. The number of fused-ring (bicyclic) bond motifs is 1. The van der Waals surface area contributed by atoms with Crippen molar-refractivity contribution in [2.75, 3.05) is 6.54 Å². The van der Waals surface area contributed by atoms with Gasteiger partial charge in [-0.3, -0.25) is 9.59 Å². The first kappa shape index (κ1) is 22.3. The number of halogens is 3. The molecule has 0 saturated heterocycles. The summed E-state index contributed by atoms with van der Waals surface area (Å²) in [6, 6.07) is 3.08. The van der Waals surface area contributed by atoms with Gasteiger partial charge < -0.3 is 26.0 Å². The van der Waals surface area contributed by atoms with Gasteiger partial charge in [0.2, 0.25) is 11.8 Å². The molecule has 0 saturated carbocycles. The topological polar surface area (TPSA) is 145 Å². The number of aromatic carboxylic acids is 1. The highest BCUT2D eigenvalue weighted by Crippen LogP contribution is 2.32. The summed E-state index contributed by atoms with van der Waals surface area (Å²) in [6.45, 7) is 0.266. The standard InChI is InChI=1S/C19H20F3N5O4/c20-19(21,22)11-3-1-10(2-4-11)15-16(18(30)31)27-8-7-26(9-14(27)25-15)17(29)12(23)5-6-13(24)28/h1-4,12H,5-9,23H2,(H2,24,28)(H,30,31)/t12-/m0/s1. The smallest absolute Gasteiger partial charge is 0.416 e. The molecule has 0 unspecified atom stereocenters. The molecule has 1 aromatic carbocycles. The predicted molar refractivity (Wildman–Crippen MR) is 101 cm³/mol. The molecule has 1 atom stereocenters. The van der Waals surface area contributed by atoms with E-state index in [-0.39, 0.29) is 55.3 Å². The van der Waals surface area contributed by atoms with Crippen molar-refractivity contribution in [2.24, 2.45) is 11.5 Å². The molecule has 0 aliphatic carbocycles. The summed E-state index contributed by atoms with van der Waals surface area (Å²) in [5.41, 5.74) is 10.1. The third-order valence-corrected chi connectivity index (χ3v) is 4.99. The maximum Gasteiger partial charge on any atom is 0.416 e. The molecule has 2 aromatic rings. The Morgan fingerprint density at radius 1 is 1.16 bits per heavy atom. The van der Waals surface area contributed by atoms with Gasteiger partial charge in [0.05, 0.1) is 18.2 Å². The minimum atomic E-state index is -4.52. The molecular weight excluding hydrogens is 419 g/mol. The van der Waals surface area contributed by atoms with Gasteiger partial charge >= 0.3 is 12.1 Å². The van der Waals surface area contributed by atoms with E-state index >= 15 is 0 Å². The van der Waals surface area contributed by atoms with Crippen LogP contribution in [0.15, 0.2) is 24.3 Å². The van der Waals surface area contributed by atoms with Crippen molar-refractivity contribution in [1.82, 2.24) is 14.5 Å². The second-order valence-corrected chi connectivity index (χ2v) is 7.13. The van der Waals surface area contributed by atoms with Crippen molar-refractivity contribution in [1.29, 1.82) is 0 Å². The van der Waals surface area contributed by atoms with E-state index in [1.807, 2.05) is 0 Å². The molecule has 9 nitrogen and oxygen atoms in total. The normalized spacial score (nSPS) is 14.8. The average molecular weight is 439 g/mol. The van der Waals surface area contributed by atoms with Gasteiger partial charge in [0.25, 0.3) is 0 Å². The summed E-state index contributed by atoms with van der Waals surface area (Å²) in [4.78, 5) is 41.0. The molecule has 166 valence electrons. The van der Waals surface area contributed by atoms with Crippen molar-refractivity contribution in [3.63, 3.8) is 0 Å². The zero-order valence-electron chi connectivity index (χ0n) is 16.2.